The Morgan fingerprint density at radius 3 is 2.60 bits per heavy atom. The summed E-state index contributed by atoms with van der Waals surface area (Å²) in [6.07, 6.45) is 4.75. The number of sulfonamides is 1. The Balaban J connectivity index is 1.04. The third-order valence-electron chi connectivity index (χ3n) is 8.41. The van der Waals surface area contributed by atoms with Crippen molar-refractivity contribution in [3.05, 3.63) is 78.2 Å². The van der Waals surface area contributed by atoms with Gasteiger partial charge in [-0.1, -0.05) is 5.21 Å². The Morgan fingerprint density at radius 1 is 1.00 bits per heavy atom. The molecule has 0 unspecified atom stereocenters. The summed E-state index contributed by atoms with van der Waals surface area (Å²) in [6.45, 7) is 2.71. The van der Waals surface area contributed by atoms with Crippen molar-refractivity contribution in [3.63, 3.8) is 0 Å². The van der Waals surface area contributed by atoms with Crippen LogP contribution in [0.25, 0.3) is 27.7 Å². The molecule has 3 aliphatic rings. The molecule has 0 atom stereocenters. The summed E-state index contributed by atoms with van der Waals surface area (Å²) in [5.74, 6) is 2.80. The second-order valence-electron chi connectivity index (χ2n) is 11.0. The van der Waals surface area contributed by atoms with Crippen molar-refractivity contribution >= 4 is 20.8 Å². The first kappa shape index (κ1) is 27.8. The molecule has 0 amide bonds. The van der Waals surface area contributed by atoms with Crippen LogP contribution in [0.2, 0.25) is 0 Å². The molecular formula is C32H30N5O7S+. The molecule has 3 aromatic carbocycles. The Kier molecular flexibility index (Phi) is 6.81. The number of ether oxygens (including phenoxy) is 5. The largest absolute Gasteiger partial charge is 0.493 e. The molecule has 3 aliphatic heterocycles. The van der Waals surface area contributed by atoms with Gasteiger partial charge in [0, 0.05) is 25.6 Å². The molecule has 45 heavy (non-hydrogen) atoms. The lowest BCUT2D eigenvalue weighted by atomic mass is 9.95. The van der Waals surface area contributed by atoms with Gasteiger partial charge in [-0.25, -0.2) is 13.1 Å². The fraction of sp³-hybridized carbons (Fsp3) is 0.281. The highest BCUT2D eigenvalue weighted by Gasteiger charge is 2.29. The third-order valence-corrected chi connectivity index (χ3v) is 10.3. The van der Waals surface area contributed by atoms with Crippen LogP contribution < -0.4 is 23.5 Å². The molecule has 0 aliphatic carbocycles. The maximum atomic E-state index is 13.0. The van der Waals surface area contributed by atoms with Crippen molar-refractivity contribution in [2.45, 2.75) is 24.5 Å². The van der Waals surface area contributed by atoms with E-state index in [1.807, 2.05) is 12.1 Å². The van der Waals surface area contributed by atoms with Gasteiger partial charge in [-0.15, -0.1) is 5.10 Å². The molecule has 230 valence electrons. The topological polar surface area (TPSA) is 118 Å². The SMILES string of the molecule is COc1ccc2cc3[n+](cc2c1OCc1cn(-c2ccc(S(=O)(=O)N4CCOCC4)cc2)nn1)CCc1cc2c(cc1-3)OCO2. The number of nitrogens with zero attached hydrogens (tertiary/aromatic N) is 5. The molecular weight excluding hydrogens is 598 g/mol. The van der Waals surface area contributed by atoms with E-state index in [4.69, 9.17) is 23.7 Å². The summed E-state index contributed by atoms with van der Waals surface area (Å²) < 4.78 is 59.8. The van der Waals surface area contributed by atoms with Crippen molar-refractivity contribution in [1.29, 1.82) is 0 Å². The molecule has 1 saturated heterocycles. The van der Waals surface area contributed by atoms with Crippen LogP contribution in [-0.4, -0.2) is 67.9 Å². The zero-order valence-corrected chi connectivity index (χ0v) is 25.3. The summed E-state index contributed by atoms with van der Waals surface area (Å²) in [4.78, 5) is 0.231. The van der Waals surface area contributed by atoms with Gasteiger partial charge in [-0.05, 0) is 59.5 Å². The minimum atomic E-state index is -3.58. The Hall–Kier alpha value is -4.72. The lowest BCUT2D eigenvalue weighted by molar-refractivity contribution is -0.686. The predicted molar refractivity (Wildman–Crippen MR) is 161 cm³/mol. The molecule has 12 nitrogen and oxygen atoms in total. The van der Waals surface area contributed by atoms with Crippen molar-refractivity contribution in [3.8, 4) is 39.9 Å². The van der Waals surface area contributed by atoms with E-state index in [-0.39, 0.29) is 18.3 Å². The minimum Gasteiger partial charge on any atom is -0.493 e. The summed E-state index contributed by atoms with van der Waals surface area (Å²) in [5, 5.41) is 10.5. The quantitative estimate of drug-likeness (QED) is 0.250. The van der Waals surface area contributed by atoms with Gasteiger partial charge in [0.1, 0.15) is 12.3 Å². The molecule has 2 aromatic heterocycles. The molecule has 5 heterocycles. The number of morpholine rings is 1. The van der Waals surface area contributed by atoms with E-state index in [1.165, 1.54) is 9.87 Å². The third kappa shape index (κ3) is 4.93. The zero-order chi connectivity index (χ0) is 30.5. The van der Waals surface area contributed by atoms with E-state index in [9.17, 15) is 8.42 Å². The van der Waals surface area contributed by atoms with Crippen molar-refractivity contribution in [2.75, 3.05) is 40.2 Å². The van der Waals surface area contributed by atoms with Crippen molar-refractivity contribution in [2.24, 2.45) is 0 Å². The summed E-state index contributed by atoms with van der Waals surface area (Å²) >= 11 is 0. The van der Waals surface area contributed by atoms with E-state index < -0.39 is 10.0 Å². The standard InChI is InChI=1S/C32H30N5O7S/c1-40-29-7-2-21-14-28-26-16-31-30(43-20-44-31)15-22(26)8-9-35(28)18-27(21)32(29)42-19-23-17-37(34-33-23)24-3-5-25(6-4-24)45(38,39)36-10-12-41-13-11-36/h2-7,14-18H,8-13,19-20H2,1H3/q+1. The van der Waals surface area contributed by atoms with Crippen LogP contribution in [0.1, 0.15) is 11.3 Å². The highest BCUT2D eigenvalue weighted by molar-refractivity contribution is 7.89. The first-order valence-corrected chi connectivity index (χ1v) is 16.1. The first-order chi connectivity index (χ1) is 22.0. The zero-order valence-electron chi connectivity index (χ0n) is 24.5. The van der Waals surface area contributed by atoms with E-state index >= 15 is 0 Å². The molecule has 5 aromatic rings. The number of rotatable bonds is 7. The van der Waals surface area contributed by atoms with Crippen LogP contribution in [0.5, 0.6) is 23.0 Å². The fourth-order valence-corrected chi connectivity index (χ4v) is 7.46. The van der Waals surface area contributed by atoms with E-state index in [0.29, 0.717) is 49.2 Å². The maximum Gasteiger partial charge on any atom is 0.243 e. The Labute approximate surface area is 259 Å². The lowest BCUT2D eigenvalue weighted by Gasteiger charge is -2.26. The van der Waals surface area contributed by atoms with Crippen LogP contribution in [-0.2, 0) is 34.3 Å². The number of hydrogen-bond acceptors (Lipinski definition) is 9. The second kappa shape index (κ2) is 11.0. The van der Waals surface area contributed by atoms with Gasteiger partial charge in [0.2, 0.25) is 22.5 Å². The van der Waals surface area contributed by atoms with Crippen LogP contribution in [0.4, 0.5) is 0 Å². The predicted octanol–water partition coefficient (Wildman–Crippen LogP) is 3.27. The molecule has 0 saturated carbocycles. The number of pyridine rings is 1. The summed E-state index contributed by atoms with van der Waals surface area (Å²) in [5.41, 5.74) is 4.76. The van der Waals surface area contributed by atoms with Crippen LogP contribution >= 0.6 is 0 Å². The van der Waals surface area contributed by atoms with Gasteiger partial charge in [-0.2, -0.15) is 8.87 Å². The second-order valence-corrected chi connectivity index (χ2v) is 13.0. The highest BCUT2D eigenvalue weighted by Crippen LogP contribution is 2.41. The average Bonchev–Trinajstić information content (AvgIpc) is 3.75. The van der Waals surface area contributed by atoms with Gasteiger partial charge in [0.25, 0.3) is 0 Å². The number of fused-ring (bicyclic) bond motifs is 5. The van der Waals surface area contributed by atoms with E-state index in [2.05, 4.69) is 39.3 Å². The molecule has 13 heteroatoms. The first-order valence-electron chi connectivity index (χ1n) is 14.7. The summed E-state index contributed by atoms with van der Waals surface area (Å²) in [7, 11) is -1.96. The molecule has 0 bridgehead atoms. The maximum absolute atomic E-state index is 13.0. The van der Waals surface area contributed by atoms with Gasteiger partial charge < -0.3 is 23.7 Å². The molecule has 0 N–H and O–H groups in total. The van der Waals surface area contributed by atoms with Crippen LogP contribution in [0.3, 0.4) is 0 Å². The van der Waals surface area contributed by atoms with Crippen molar-refractivity contribution < 1.29 is 36.7 Å². The monoisotopic (exact) mass is 628 g/mol. The number of benzene rings is 3. The van der Waals surface area contributed by atoms with Crippen LogP contribution in [0, 0.1) is 0 Å². The summed E-state index contributed by atoms with van der Waals surface area (Å²) in [6, 6.07) is 16.9. The van der Waals surface area contributed by atoms with E-state index in [1.54, 1.807) is 42.3 Å². The van der Waals surface area contributed by atoms with E-state index in [0.717, 1.165) is 46.5 Å². The minimum absolute atomic E-state index is 0.160. The average molecular weight is 629 g/mol. The number of methoxy groups -OCH3 is 1. The van der Waals surface area contributed by atoms with Crippen LogP contribution in [0.15, 0.2) is 71.9 Å². The number of aromatic nitrogens is 4. The Morgan fingerprint density at radius 2 is 1.80 bits per heavy atom. The number of hydrogen-bond donors (Lipinski definition) is 0. The highest BCUT2D eigenvalue weighted by atomic mass is 32.2. The molecule has 0 spiro atoms. The lowest BCUT2D eigenvalue weighted by Crippen LogP contribution is -2.40. The smallest absolute Gasteiger partial charge is 0.243 e. The molecule has 1 fully saturated rings. The number of aryl methyl sites for hydroxylation is 2. The Bertz CT molecular complexity index is 2040. The van der Waals surface area contributed by atoms with Gasteiger partial charge in [0.15, 0.2) is 35.7 Å². The molecule has 8 rings (SSSR count). The van der Waals surface area contributed by atoms with Gasteiger partial charge in [-0.3, -0.25) is 0 Å². The van der Waals surface area contributed by atoms with Gasteiger partial charge in [0.05, 0.1) is 48.1 Å². The van der Waals surface area contributed by atoms with Gasteiger partial charge >= 0.3 is 0 Å². The normalized spacial score (nSPS) is 15.9. The molecule has 0 radical (unpaired) electrons. The fourth-order valence-electron chi connectivity index (χ4n) is 6.05. The van der Waals surface area contributed by atoms with Crippen molar-refractivity contribution in [1.82, 2.24) is 19.3 Å².